The second-order valence-corrected chi connectivity index (χ2v) is 8.65. The number of anilines is 1. The molecule has 0 unspecified atom stereocenters. The van der Waals surface area contributed by atoms with Crippen molar-refractivity contribution in [2.45, 2.75) is 24.2 Å². The van der Waals surface area contributed by atoms with E-state index in [1.807, 2.05) is 0 Å². The van der Waals surface area contributed by atoms with Crippen molar-refractivity contribution in [3.8, 4) is 0 Å². The number of rotatable bonds is 5. The van der Waals surface area contributed by atoms with E-state index in [-0.39, 0.29) is 18.7 Å². The predicted molar refractivity (Wildman–Crippen MR) is 102 cm³/mol. The van der Waals surface area contributed by atoms with Gasteiger partial charge in [0.2, 0.25) is 10.0 Å². The molecule has 0 aromatic heterocycles. The van der Waals surface area contributed by atoms with Crippen LogP contribution in [0.3, 0.4) is 0 Å². The maximum absolute atomic E-state index is 14.3. The number of sulfonamides is 1. The third-order valence-electron chi connectivity index (χ3n) is 4.70. The van der Waals surface area contributed by atoms with Crippen molar-refractivity contribution in [2.75, 3.05) is 18.4 Å². The van der Waals surface area contributed by atoms with Crippen molar-refractivity contribution < 1.29 is 31.2 Å². The van der Waals surface area contributed by atoms with Gasteiger partial charge in [0.25, 0.3) is 11.8 Å². The van der Waals surface area contributed by atoms with E-state index in [9.17, 15) is 31.2 Å². The highest BCUT2D eigenvalue weighted by molar-refractivity contribution is 7.89. The summed E-state index contributed by atoms with van der Waals surface area (Å²) in [4.78, 5) is 23.0. The van der Waals surface area contributed by atoms with Gasteiger partial charge in [0.1, 0.15) is 22.3 Å². The highest BCUT2D eigenvalue weighted by Gasteiger charge is 2.29. The highest BCUT2D eigenvalue weighted by Crippen LogP contribution is 2.25. The van der Waals surface area contributed by atoms with Gasteiger partial charge in [0, 0.05) is 24.7 Å². The van der Waals surface area contributed by atoms with Crippen molar-refractivity contribution in [1.82, 2.24) is 4.31 Å². The fourth-order valence-corrected chi connectivity index (χ4v) is 4.72. The summed E-state index contributed by atoms with van der Waals surface area (Å²) in [6, 6.07) is 3.80. The van der Waals surface area contributed by atoms with Gasteiger partial charge in [-0.1, -0.05) is 6.42 Å². The second-order valence-electron chi connectivity index (χ2n) is 6.74. The van der Waals surface area contributed by atoms with Gasteiger partial charge in [-0.2, -0.15) is 4.31 Å². The highest BCUT2D eigenvalue weighted by atomic mass is 32.2. The molecule has 1 aliphatic heterocycles. The third-order valence-corrected chi connectivity index (χ3v) is 6.61. The van der Waals surface area contributed by atoms with E-state index >= 15 is 0 Å². The third kappa shape index (κ3) is 4.31. The first-order chi connectivity index (χ1) is 14.1. The number of piperidine rings is 1. The van der Waals surface area contributed by atoms with Crippen LogP contribution in [0.1, 0.15) is 40.0 Å². The van der Waals surface area contributed by atoms with Crippen LogP contribution >= 0.6 is 0 Å². The lowest BCUT2D eigenvalue weighted by Gasteiger charge is -2.26. The van der Waals surface area contributed by atoms with Gasteiger partial charge < -0.3 is 11.1 Å². The Morgan fingerprint density at radius 1 is 0.933 bits per heavy atom. The Hall–Kier alpha value is -2.92. The molecule has 160 valence electrons. The predicted octanol–water partition coefficient (Wildman–Crippen LogP) is 2.63. The topological polar surface area (TPSA) is 110 Å². The quantitative estimate of drug-likeness (QED) is 0.743. The molecule has 1 saturated heterocycles. The monoisotopic (exact) mass is 441 g/mol. The van der Waals surface area contributed by atoms with E-state index in [1.54, 1.807) is 0 Å². The summed E-state index contributed by atoms with van der Waals surface area (Å²) in [6.07, 6.45) is 2.16. The van der Waals surface area contributed by atoms with Gasteiger partial charge in [0.15, 0.2) is 0 Å². The van der Waals surface area contributed by atoms with Gasteiger partial charge in [0.05, 0.1) is 11.3 Å². The molecule has 0 radical (unpaired) electrons. The van der Waals surface area contributed by atoms with Crippen molar-refractivity contribution in [2.24, 2.45) is 5.73 Å². The fourth-order valence-electron chi connectivity index (χ4n) is 3.11. The van der Waals surface area contributed by atoms with Crippen LogP contribution in [-0.2, 0) is 10.0 Å². The molecule has 0 aliphatic carbocycles. The molecule has 2 amide bonds. The van der Waals surface area contributed by atoms with Gasteiger partial charge >= 0.3 is 0 Å². The number of nitrogens with one attached hydrogen (secondary N) is 1. The molecular formula is C19H18F3N3O4S. The number of nitrogens with zero attached hydrogens (tertiary/aromatic N) is 1. The van der Waals surface area contributed by atoms with Crippen LogP contribution in [0.5, 0.6) is 0 Å². The molecule has 0 saturated carbocycles. The Labute approximate surface area is 170 Å². The first kappa shape index (κ1) is 21.8. The lowest BCUT2D eigenvalue weighted by molar-refractivity contribution is 0.0992. The Balaban J connectivity index is 1.92. The standard InChI is InChI=1S/C19H18F3N3O4S/c20-13-5-4-11(8-17(13)30(28,29)25-6-2-1-3-7-25)19(27)24-16-9-12(18(23)26)14(21)10-15(16)22/h4-5,8-10H,1-3,6-7H2,(H2,23,26)(H,24,27). The summed E-state index contributed by atoms with van der Waals surface area (Å²) in [5, 5.41) is 2.11. The molecular weight excluding hydrogens is 423 g/mol. The van der Waals surface area contributed by atoms with Crippen molar-refractivity contribution in [3.63, 3.8) is 0 Å². The molecule has 3 rings (SSSR count). The van der Waals surface area contributed by atoms with Gasteiger partial charge in [-0.05, 0) is 37.1 Å². The maximum atomic E-state index is 14.3. The van der Waals surface area contributed by atoms with E-state index in [1.165, 1.54) is 0 Å². The second kappa shape index (κ2) is 8.44. The Morgan fingerprint density at radius 3 is 2.23 bits per heavy atom. The summed E-state index contributed by atoms with van der Waals surface area (Å²) >= 11 is 0. The van der Waals surface area contributed by atoms with E-state index in [0.717, 1.165) is 35.0 Å². The molecule has 0 spiro atoms. The largest absolute Gasteiger partial charge is 0.366 e. The van der Waals surface area contributed by atoms with Crippen molar-refractivity contribution >= 4 is 27.5 Å². The SMILES string of the molecule is NC(=O)c1cc(NC(=O)c2ccc(F)c(S(=O)(=O)N3CCCCC3)c2)c(F)cc1F. The van der Waals surface area contributed by atoms with Crippen LogP contribution < -0.4 is 11.1 Å². The molecule has 1 fully saturated rings. The zero-order valence-corrected chi connectivity index (χ0v) is 16.4. The van der Waals surface area contributed by atoms with E-state index in [2.05, 4.69) is 5.32 Å². The van der Waals surface area contributed by atoms with Crippen LogP contribution in [0.25, 0.3) is 0 Å². The average Bonchev–Trinajstić information content (AvgIpc) is 2.70. The first-order valence-corrected chi connectivity index (χ1v) is 10.4. The minimum absolute atomic E-state index is 0.245. The average molecular weight is 441 g/mol. The zero-order valence-electron chi connectivity index (χ0n) is 15.6. The van der Waals surface area contributed by atoms with Crippen LogP contribution in [0.15, 0.2) is 35.2 Å². The molecule has 1 aliphatic rings. The smallest absolute Gasteiger partial charge is 0.255 e. The Bertz CT molecular complexity index is 1120. The van der Waals surface area contributed by atoms with Crippen LogP contribution in [0, 0.1) is 17.5 Å². The minimum Gasteiger partial charge on any atom is -0.366 e. The Morgan fingerprint density at radius 2 is 1.60 bits per heavy atom. The Kier molecular flexibility index (Phi) is 6.13. The number of carbonyl (C=O) groups is 2. The number of nitrogens with two attached hydrogens (primary N) is 1. The summed E-state index contributed by atoms with van der Waals surface area (Å²) in [7, 11) is -4.16. The molecule has 2 aromatic carbocycles. The molecule has 1 heterocycles. The number of halogens is 3. The maximum Gasteiger partial charge on any atom is 0.255 e. The molecule has 11 heteroatoms. The summed E-state index contributed by atoms with van der Waals surface area (Å²) in [5.41, 5.74) is 3.55. The number of hydrogen-bond donors (Lipinski definition) is 2. The van der Waals surface area contributed by atoms with Crippen molar-refractivity contribution in [1.29, 1.82) is 0 Å². The van der Waals surface area contributed by atoms with Gasteiger partial charge in [-0.15, -0.1) is 0 Å². The van der Waals surface area contributed by atoms with E-state index in [0.29, 0.717) is 18.9 Å². The van der Waals surface area contributed by atoms with E-state index < -0.39 is 55.4 Å². The molecule has 2 aromatic rings. The summed E-state index contributed by atoms with van der Waals surface area (Å²) < 4.78 is 68.5. The first-order valence-electron chi connectivity index (χ1n) is 9.01. The molecule has 0 atom stereocenters. The van der Waals surface area contributed by atoms with Gasteiger partial charge in [-0.25, -0.2) is 21.6 Å². The number of benzene rings is 2. The fraction of sp³-hybridized carbons (Fsp3) is 0.263. The van der Waals surface area contributed by atoms with E-state index in [4.69, 9.17) is 5.73 Å². The summed E-state index contributed by atoms with van der Waals surface area (Å²) in [5.74, 6) is -5.55. The van der Waals surface area contributed by atoms with Crippen LogP contribution in [-0.4, -0.2) is 37.6 Å². The van der Waals surface area contributed by atoms with Crippen molar-refractivity contribution in [3.05, 3.63) is 58.9 Å². The molecule has 0 bridgehead atoms. The lowest BCUT2D eigenvalue weighted by Crippen LogP contribution is -2.36. The normalized spacial score (nSPS) is 15.0. The van der Waals surface area contributed by atoms with Crippen LogP contribution in [0.2, 0.25) is 0 Å². The minimum atomic E-state index is -4.16. The number of primary amides is 1. The number of hydrogen-bond acceptors (Lipinski definition) is 4. The van der Waals surface area contributed by atoms with Crippen LogP contribution in [0.4, 0.5) is 18.9 Å². The van der Waals surface area contributed by atoms with Gasteiger partial charge in [-0.3, -0.25) is 9.59 Å². The number of carbonyl (C=O) groups excluding carboxylic acids is 2. The lowest BCUT2D eigenvalue weighted by atomic mass is 10.1. The molecule has 7 nitrogen and oxygen atoms in total. The molecule has 30 heavy (non-hydrogen) atoms. The number of amides is 2. The zero-order chi connectivity index (χ0) is 22.1. The summed E-state index contributed by atoms with van der Waals surface area (Å²) in [6.45, 7) is 0.490. The molecule has 3 N–H and O–H groups in total.